The number of aromatic nitrogens is 2. The summed E-state index contributed by atoms with van der Waals surface area (Å²) in [6, 6.07) is 1.27. The molecule has 1 aromatic rings. The van der Waals surface area contributed by atoms with E-state index in [9.17, 15) is 0 Å². The highest BCUT2D eigenvalue weighted by atomic mass is 15.3. The van der Waals surface area contributed by atoms with E-state index in [1.54, 1.807) is 0 Å². The smallest absolute Gasteiger partial charge is 0.206 e. The minimum atomic E-state index is 0.601. The molecule has 1 saturated heterocycles. The van der Waals surface area contributed by atoms with Crippen molar-refractivity contribution in [3.05, 3.63) is 11.9 Å². The van der Waals surface area contributed by atoms with Crippen LogP contribution in [0, 0.1) is 0 Å². The molecule has 0 bridgehead atoms. The quantitative estimate of drug-likeness (QED) is 0.918. The molecule has 1 aliphatic carbocycles. The second-order valence-electron chi connectivity index (χ2n) is 6.34. The third kappa shape index (κ3) is 2.71. The number of nitrogens with zero attached hydrogens (tertiary/aromatic N) is 3. The number of aryl methyl sites for hydroxylation is 1. The number of hydrogen-bond donors (Lipinski definition) is 1. The van der Waals surface area contributed by atoms with Crippen LogP contribution in [0.2, 0.25) is 0 Å². The van der Waals surface area contributed by atoms with Crippen LogP contribution in [0.5, 0.6) is 0 Å². The predicted octanol–water partition coefficient (Wildman–Crippen LogP) is 2.75. The topological polar surface area (TPSA) is 33.1 Å². The Bertz CT molecular complexity index is 428. The minimum absolute atomic E-state index is 0.601. The maximum absolute atomic E-state index is 4.91. The van der Waals surface area contributed by atoms with Crippen LogP contribution in [0.25, 0.3) is 0 Å². The van der Waals surface area contributed by atoms with Crippen LogP contribution in [-0.2, 0) is 6.42 Å². The van der Waals surface area contributed by atoms with E-state index in [2.05, 4.69) is 35.0 Å². The van der Waals surface area contributed by atoms with E-state index in [1.165, 1.54) is 50.2 Å². The van der Waals surface area contributed by atoms with Gasteiger partial charge in [-0.3, -0.25) is 0 Å². The molecule has 4 heteroatoms. The van der Waals surface area contributed by atoms with Crippen molar-refractivity contribution < 1.29 is 0 Å². The summed E-state index contributed by atoms with van der Waals surface area (Å²) in [5.74, 6) is 1.20. The Morgan fingerprint density at radius 3 is 2.75 bits per heavy atom. The van der Waals surface area contributed by atoms with E-state index in [0.29, 0.717) is 12.1 Å². The molecule has 1 atom stereocenters. The minimum Gasteiger partial charge on any atom is -0.341 e. The van der Waals surface area contributed by atoms with Crippen LogP contribution >= 0.6 is 0 Å². The second kappa shape index (κ2) is 6.17. The first-order valence-electron chi connectivity index (χ1n) is 8.31. The van der Waals surface area contributed by atoms with Gasteiger partial charge in [-0.15, -0.1) is 0 Å². The van der Waals surface area contributed by atoms with Gasteiger partial charge in [-0.1, -0.05) is 26.2 Å². The molecule has 0 aromatic carbocycles. The molecule has 4 nitrogen and oxygen atoms in total. The second-order valence-corrected chi connectivity index (χ2v) is 6.34. The number of hydrogen-bond acceptors (Lipinski definition) is 3. The molecule has 112 valence electrons. The fraction of sp³-hybridized carbons (Fsp3) is 0.812. The zero-order valence-electron chi connectivity index (χ0n) is 12.9. The first-order valence-corrected chi connectivity index (χ1v) is 8.31. The van der Waals surface area contributed by atoms with Crippen LogP contribution in [0.3, 0.4) is 0 Å². The molecule has 1 aromatic heterocycles. The normalized spacial score (nSPS) is 24.2. The van der Waals surface area contributed by atoms with Gasteiger partial charge in [0.2, 0.25) is 5.95 Å². The first kappa shape index (κ1) is 13.9. The summed E-state index contributed by atoms with van der Waals surface area (Å²) in [6.45, 7) is 4.43. The first-order chi connectivity index (χ1) is 9.79. The largest absolute Gasteiger partial charge is 0.341 e. The Labute approximate surface area is 122 Å². The van der Waals surface area contributed by atoms with Gasteiger partial charge in [-0.25, -0.2) is 4.98 Å². The van der Waals surface area contributed by atoms with Gasteiger partial charge in [0.15, 0.2) is 0 Å². The Morgan fingerprint density at radius 1 is 1.30 bits per heavy atom. The van der Waals surface area contributed by atoms with Crippen LogP contribution in [-0.4, -0.2) is 35.7 Å². The summed E-state index contributed by atoms with van der Waals surface area (Å²) in [5.41, 5.74) is 1.24. The summed E-state index contributed by atoms with van der Waals surface area (Å²) in [5, 5.41) is 3.46. The lowest BCUT2D eigenvalue weighted by Crippen LogP contribution is -2.35. The number of rotatable bonds is 4. The molecule has 1 unspecified atom stereocenters. The molecule has 0 spiro atoms. The van der Waals surface area contributed by atoms with Gasteiger partial charge in [0, 0.05) is 31.9 Å². The fourth-order valence-electron chi connectivity index (χ4n) is 3.63. The average molecular weight is 276 g/mol. The van der Waals surface area contributed by atoms with Crippen LogP contribution in [0.4, 0.5) is 5.95 Å². The van der Waals surface area contributed by atoms with Gasteiger partial charge < -0.3 is 14.8 Å². The van der Waals surface area contributed by atoms with Crippen molar-refractivity contribution >= 4 is 5.95 Å². The van der Waals surface area contributed by atoms with Crippen molar-refractivity contribution in [2.75, 3.05) is 25.0 Å². The molecule has 2 aliphatic rings. The van der Waals surface area contributed by atoms with E-state index >= 15 is 0 Å². The van der Waals surface area contributed by atoms with Crippen LogP contribution in [0.15, 0.2) is 6.20 Å². The Balaban J connectivity index is 1.85. The molecular formula is C16H28N4. The van der Waals surface area contributed by atoms with Crippen molar-refractivity contribution in [1.29, 1.82) is 0 Å². The van der Waals surface area contributed by atoms with Crippen molar-refractivity contribution in [2.45, 2.75) is 64.0 Å². The maximum Gasteiger partial charge on any atom is 0.206 e. The van der Waals surface area contributed by atoms with Crippen molar-refractivity contribution in [3.8, 4) is 0 Å². The molecule has 2 fully saturated rings. The van der Waals surface area contributed by atoms with E-state index in [0.717, 1.165) is 19.5 Å². The van der Waals surface area contributed by atoms with E-state index < -0.39 is 0 Å². The lowest BCUT2D eigenvalue weighted by Gasteiger charge is -2.30. The number of likely N-dealkylation sites (N-methyl/N-ethyl adjacent to an activating group) is 1. The van der Waals surface area contributed by atoms with Gasteiger partial charge in [0.1, 0.15) is 0 Å². The van der Waals surface area contributed by atoms with E-state index in [1.807, 2.05) is 0 Å². The van der Waals surface area contributed by atoms with Crippen molar-refractivity contribution in [1.82, 2.24) is 14.9 Å². The number of imidazole rings is 1. The highest BCUT2D eigenvalue weighted by Crippen LogP contribution is 2.32. The van der Waals surface area contributed by atoms with Gasteiger partial charge in [0.25, 0.3) is 0 Å². The van der Waals surface area contributed by atoms with Gasteiger partial charge in [-0.2, -0.15) is 0 Å². The van der Waals surface area contributed by atoms with E-state index in [-0.39, 0.29) is 0 Å². The third-order valence-corrected chi connectivity index (χ3v) is 4.99. The molecule has 1 aliphatic heterocycles. The van der Waals surface area contributed by atoms with Gasteiger partial charge in [-0.05, 0) is 32.2 Å². The Morgan fingerprint density at radius 2 is 2.10 bits per heavy atom. The predicted molar refractivity (Wildman–Crippen MR) is 83.4 cm³/mol. The standard InChI is InChI=1S/C16H28N4/c1-3-13-12-20(14-7-5-4-6-8-14)16(18-13)19(2)15-9-10-17-11-15/h12,14-15,17H,3-11H2,1-2H3. The van der Waals surface area contributed by atoms with E-state index in [4.69, 9.17) is 4.98 Å². The third-order valence-electron chi connectivity index (χ3n) is 4.99. The van der Waals surface area contributed by atoms with Gasteiger partial charge >= 0.3 is 0 Å². The van der Waals surface area contributed by atoms with Crippen LogP contribution in [0.1, 0.15) is 57.2 Å². The zero-order valence-corrected chi connectivity index (χ0v) is 12.9. The molecule has 1 saturated carbocycles. The SMILES string of the molecule is CCc1cn(C2CCCCC2)c(N(C)C2CCNC2)n1. The summed E-state index contributed by atoms with van der Waals surface area (Å²) in [7, 11) is 2.22. The summed E-state index contributed by atoms with van der Waals surface area (Å²) in [6.07, 6.45) is 11.4. The fourth-order valence-corrected chi connectivity index (χ4v) is 3.63. The summed E-state index contributed by atoms with van der Waals surface area (Å²) >= 11 is 0. The molecule has 0 amide bonds. The van der Waals surface area contributed by atoms with Crippen LogP contribution < -0.4 is 10.2 Å². The Kier molecular flexibility index (Phi) is 4.29. The molecule has 20 heavy (non-hydrogen) atoms. The lowest BCUT2D eigenvalue weighted by atomic mass is 9.95. The van der Waals surface area contributed by atoms with Crippen molar-refractivity contribution in [3.63, 3.8) is 0 Å². The summed E-state index contributed by atoms with van der Waals surface area (Å²) < 4.78 is 2.48. The molecule has 3 rings (SSSR count). The van der Waals surface area contributed by atoms with Gasteiger partial charge in [0.05, 0.1) is 5.69 Å². The highest BCUT2D eigenvalue weighted by molar-refractivity contribution is 5.35. The number of nitrogens with one attached hydrogen (secondary N) is 1. The highest BCUT2D eigenvalue weighted by Gasteiger charge is 2.26. The zero-order chi connectivity index (χ0) is 13.9. The lowest BCUT2D eigenvalue weighted by molar-refractivity contribution is 0.352. The molecule has 1 N–H and O–H groups in total. The maximum atomic E-state index is 4.91. The van der Waals surface area contributed by atoms with Crippen molar-refractivity contribution in [2.24, 2.45) is 0 Å². The average Bonchev–Trinajstić information content (AvgIpc) is 3.17. The Hall–Kier alpha value is -1.03. The molecular weight excluding hydrogens is 248 g/mol. The monoisotopic (exact) mass is 276 g/mol. The summed E-state index contributed by atoms with van der Waals surface area (Å²) in [4.78, 5) is 7.32. The number of anilines is 1. The molecule has 0 radical (unpaired) electrons. The molecule has 2 heterocycles.